The molecule has 1 atom stereocenters. The van der Waals surface area contributed by atoms with E-state index < -0.39 is 6.10 Å². The van der Waals surface area contributed by atoms with E-state index in [9.17, 15) is 4.79 Å². The number of fused-ring (bicyclic) bond motifs is 1. The summed E-state index contributed by atoms with van der Waals surface area (Å²) in [5.74, 6) is 0.641. The van der Waals surface area contributed by atoms with E-state index in [0.717, 1.165) is 29.2 Å². The molecule has 0 spiro atoms. The maximum absolute atomic E-state index is 12.4. The predicted molar refractivity (Wildman–Crippen MR) is 100 cm³/mol. The fraction of sp³-hybridized carbons (Fsp3) is 0.350. The molecule has 0 heterocycles. The lowest BCUT2D eigenvalue weighted by Crippen LogP contribution is -2.30. The lowest BCUT2D eigenvalue weighted by molar-refractivity contribution is -0.122. The quantitative estimate of drug-likeness (QED) is 0.802. The number of amides is 1. The zero-order valence-corrected chi connectivity index (χ0v) is 15.0. The molecule has 0 saturated heterocycles. The molecular weight excluding hydrogens is 318 g/mol. The van der Waals surface area contributed by atoms with Crippen LogP contribution in [0.25, 0.3) is 0 Å². The van der Waals surface area contributed by atoms with Crippen molar-refractivity contribution in [2.75, 3.05) is 11.6 Å². The van der Waals surface area contributed by atoms with Crippen molar-refractivity contribution in [2.24, 2.45) is 0 Å². The lowest BCUT2D eigenvalue weighted by Gasteiger charge is -2.19. The van der Waals surface area contributed by atoms with E-state index in [1.54, 1.807) is 18.7 Å². The fourth-order valence-electron chi connectivity index (χ4n) is 2.99. The number of carbonyl (C=O) groups excluding carboxylic acids is 1. The molecule has 0 saturated carbocycles. The normalized spacial score (nSPS) is 14.6. The van der Waals surface area contributed by atoms with Crippen LogP contribution in [-0.2, 0) is 17.6 Å². The third-order valence-electron chi connectivity index (χ3n) is 4.34. The largest absolute Gasteiger partial charge is 0.481 e. The van der Waals surface area contributed by atoms with Gasteiger partial charge in [0.2, 0.25) is 0 Å². The predicted octanol–water partition coefficient (Wildman–Crippen LogP) is 4.69. The monoisotopic (exact) mass is 341 g/mol. The van der Waals surface area contributed by atoms with Gasteiger partial charge in [-0.3, -0.25) is 4.79 Å². The van der Waals surface area contributed by atoms with Gasteiger partial charge in [0.15, 0.2) is 6.10 Å². The zero-order chi connectivity index (χ0) is 16.9. The van der Waals surface area contributed by atoms with Crippen molar-refractivity contribution in [2.45, 2.75) is 43.6 Å². The van der Waals surface area contributed by atoms with Crippen molar-refractivity contribution in [3.05, 3.63) is 53.6 Å². The molecule has 1 N–H and O–H groups in total. The first-order valence-electron chi connectivity index (χ1n) is 8.39. The lowest BCUT2D eigenvalue weighted by atomic mass is 9.92. The van der Waals surface area contributed by atoms with Crippen molar-refractivity contribution in [1.29, 1.82) is 0 Å². The van der Waals surface area contributed by atoms with Crippen molar-refractivity contribution in [3.63, 3.8) is 0 Å². The SMILES string of the molecule is CSc1cccc(NC(=O)[C@@H](C)Oc2ccc3c(c2)CCCC3)c1. The van der Waals surface area contributed by atoms with E-state index >= 15 is 0 Å². The first-order chi connectivity index (χ1) is 11.7. The summed E-state index contributed by atoms with van der Waals surface area (Å²) in [6.07, 6.45) is 6.23. The van der Waals surface area contributed by atoms with Crippen LogP contribution in [0.15, 0.2) is 47.4 Å². The highest BCUT2D eigenvalue weighted by atomic mass is 32.2. The number of ether oxygens (including phenoxy) is 1. The van der Waals surface area contributed by atoms with Gasteiger partial charge >= 0.3 is 0 Å². The molecule has 1 amide bonds. The molecule has 3 nitrogen and oxygen atoms in total. The standard InChI is InChI=1S/C20H23NO2S/c1-14(20(22)21-17-8-5-9-19(13-17)24-2)23-18-11-10-15-6-3-4-7-16(15)12-18/h5,8-14H,3-4,6-7H2,1-2H3,(H,21,22)/t14-/m1/s1. The molecule has 2 aromatic carbocycles. The van der Waals surface area contributed by atoms with Crippen LogP contribution in [0.5, 0.6) is 5.75 Å². The highest BCUT2D eigenvalue weighted by Crippen LogP contribution is 2.26. The van der Waals surface area contributed by atoms with Gasteiger partial charge in [0.05, 0.1) is 0 Å². The Balaban J connectivity index is 1.63. The van der Waals surface area contributed by atoms with E-state index in [0.29, 0.717) is 0 Å². The van der Waals surface area contributed by atoms with Gasteiger partial charge in [-0.2, -0.15) is 0 Å². The van der Waals surface area contributed by atoms with E-state index in [1.807, 2.05) is 36.6 Å². The number of aryl methyl sites for hydroxylation is 2. The molecular formula is C20H23NO2S. The number of hydrogen-bond donors (Lipinski definition) is 1. The smallest absolute Gasteiger partial charge is 0.265 e. The number of anilines is 1. The molecule has 1 aliphatic carbocycles. The Labute approximate surface area is 147 Å². The summed E-state index contributed by atoms with van der Waals surface area (Å²) in [6, 6.07) is 14.0. The number of carbonyl (C=O) groups is 1. The Morgan fingerprint density at radius 3 is 2.71 bits per heavy atom. The van der Waals surface area contributed by atoms with E-state index in [1.165, 1.54) is 24.0 Å². The van der Waals surface area contributed by atoms with Gasteiger partial charge in [0, 0.05) is 10.6 Å². The third-order valence-corrected chi connectivity index (χ3v) is 5.06. The summed E-state index contributed by atoms with van der Waals surface area (Å²) in [5.41, 5.74) is 3.58. The minimum Gasteiger partial charge on any atom is -0.481 e. The summed E-state index contributed by atoms with van der Waals surface area (Å²) in [5, 5.41) is 2.92. The van der Waals surface area contributed by atoms with Crippen LogP contribution in [0, 0.1) is 0 Å². The van der Waals surface area contributed by atoms with Crippen molar-refractivity contribution in [3.8, 4) is 5.75 Å². The van der Waals surface area contributed by atoms with Crippen LogP contribution < -0.4 is 10.1 Å². The first kappa shape index (κ1) is 16.9. The molecule has 0 aromatic heterocycles. The minimum absolute atomic E-state index is 0.133. The summed E-state index contributed by atoms with van der Waals surface area (Å²) in [6.45, 7) is 1.78. The Kier molecular flexibility index (Phi) is 5.46. The van der Waals surface area contributed by atoms with Crippen molar-refractivity contribution >= 4 is 23.4 Å². The summed E-state index contributed by atoms with van der Waals surface area (Å²) >= 11 is 1.65. The minimum atomic E-state index is -0.537. The van der Waals surface area contributed by atoms with Crippen LogP contribution in [0.2, 0.25) is 0 Å². The highest BCUT2D eigenvalue weighted by molar-refractivity contribution is 7.98. The third kappa shape index (κ3) is 4.12. The second-order valence-electron chi connectivity index (χ2n) is 6.12. The number of thioether (sulfide) groups is 1. The van der Waals surface area contributed by atoms with E-state index in [2.05, 4.69) is 17.4 Å². The highest BCUT2D eigenvalue weighted by Gasteiger charge is 2.16. The van der Waals surface area contributed by atoms with Gasteiger partial charge in [0.1, 0.15) is 5.75 Å². The number of hydrogen-bond acceptors (Lipinski definition) is 3. The summed E-state index contributed by atoms with van der Waals surface area (Å²) < 4.78 is 5.85. The van der Waals surface area contributed by atoms with Gasteiger partial charge in [-0.25, -0.2) is 0 Å². The Hall–Kier alpha value is -1.94. The van der Waals surface area contributed by atoms with Crippen LogP contribution in [0.3, 0.4) is 0 Å². The van der Waals surface area contributed by atoms with E-state index in [4.69, 9.17) is 4.74 Å². The van der Waals surface area contributed by atoms with Crippen LogP contribution >= 0.6 is 11.8 Å². The molecule has 0 fully saturated rings. The molecule has 0 unspecified atom stereocenters. The Morgan fingerprint density at radius 1 is 1.12 bits per heavy atom. The maximum Gasteiger partial charge on any atom is 0.265 e. The van der Waals surface area contributed by atoms with Crippen LogP contribution in [-0.4, -0.2) is 18.3 Å². The average molecular weight is 341 g/mol. The molecule has 4 heteroatoms. The average Bonchev–Trinajstić information content (AvgIpc) is 2.61. The van der Waals surface area contributed by atoms with Gasteiger partial charge in [-0.15, -0.1) is 11.8 Å². The second kappa shape index (κ2) is 7.75. The molecule has 2 aromatic rings. The number of benzene rings is 2. The first-order valence-corrected chi connectivity index (χ1v) is 9.61. The second-order valence-corrected chi connectivity index (χ2v) is 7.00. The van der Waals surface area contributed by atoms with Crippen LogP contribution in [0.1, 0.15) is 30.9 Å². The number of rotatable bonds is 5. The molecule has 24 heavy (non-hydrogen) atoms. The van der Waals surface area contributed by atoms with Gasteiger partial charge in [-0.05, 0) is 80.3 Å². The molecule has 0 aliphatic heterocycles. The molecule has 126 valence electrons. The van der Waals surface area contributed by atoms with E-state index in [-0.39, 0.29) is 5.91 Å². The fourth-order valence-corrected chi connectivity index (χ4v) is 3.44. The van der Waals surface area contributed by atoms with Crippen LogP contribution in [0.4, 0.5) is 5.69 Å². The molecule has 0 radical (unpaired) electrons. The van der Waals surface area contributed by atoms with Gasteiger partial charge in [-0.1, -0.05) is 12.1 Å². The van der Waals surface area contributed by atoms with Crippen molar-refractivity contribution < 1.29 is 9.53 Å². The zero-order valence-electron chi connectivity index (χ0n) is 14.2. The summed E-state index contributed by atoms with van der Waals surface area (Å²) in [7, 11) is 0. The summed E-state index contributed by atoms with van der Waals surface area (Å²) in [4.78, 5) is 13.5. The van der Waals surface area contributed by atoms with Crippen molar-refractivity contribution in [1.82, 2.24) is 0 Å². The molecule has 1 aliphatic rings. The Morgan fingerprint density at radius 2 is 1.92 bits per heavy atom. The Bertz CT molecular complexity index is 729. The maximum atomic E-state index is 12.4. The molecule has 3 rings (SSSR count). The molecule has 0 bridgehead atoms. The van der Waals surface area contributed by atoms with Gasteiger partial charge < -0.3 is 10.1 Å². The van der Waals surface area contributed by atoms with Gasteiger partial charge in [0.25, 0.3) is 5.91 Å². The number of nitrogens with one attached hydrogen (secondary N) is 1. The topological polar surface area (TPSA) is 38.3 Å².